The van der Waals surface area contributed by atoms with Gasteiger partial charge in [0.15, 0.2) is 5.78 Å². The highest BCUT2D eigenvalue weighted by molar-refractivity contribution is 5.97. The monoisotopic (exact) mass is 598 g/mol. The lowest BCUT2D eigenvalue weighted by atomic mass is 9.83. The summed E-state index contributed by atoms with van der Waals surface area (Å²) in [6.07, 6.45) is 2.53. The van der Waals surface area contributed by atoms with Crippen molar-refractivity contribution >= 4 is 29.4 Å². The first kappa shape index (κ1) is 35.3. The van der Waals surface area contributed by atoms with E-state index in [1.165, 1.54) is 0 Å². The highest BCUT2D eigenvalue weighted by Crippen LogP contribution is 2.24. The van der Waals surface area contributed by atoms with Crippen LogP contribution in [-0.4, -0.2) is 66.0 Å². The zero-order valence-corrected chi connectivity index (χ0v) is 26.3. The molecule has 11 nitrogen and oxygen atoms in total. The highest BCUT2D eigenvalue weighted by atomic mass is 16.2. The predicted octanol–water partition coefficient (Wildman–Crippen LogP) is 2.29. The second-order valence-electron chi connectivity index (χ2n) is 11.9. The van der Waals surface area contributed by atoms with Gasteiger partial charge in [-0.15, -0.1) is 0 Å². The Labute approximate surface area is 255 Å². The van der Waals surface area contributed by atoms with Crippen LogP contribution in [0, 0.1) is 11.8 Å². The van der Waals surface area contributed by atoms with Gasteiger partial charge < -0.3 is 31.9 Å². The number of ketones is 1. The molecular weight excluding hydrogens is 548 g/mol. The van der Waals surface area contributed by atoms with Crippen LogP contribution >= 0.6 is 0 Å². The van der Waals surface area contributed by atoms with Gasteiger partial charge >= 0.3 is 0 Å². The van der Waals surface area contributed by atoms with Gasteiger partial charge in [0.1, 0.15) is 12.1 Å². The maximum atomic E-state index is 13.8. The molecule has 0 spiro atoms. The minimum atomic E-state index is -1.20. The number of amides is 4. The summed E-state index contributed by atoms with van der Waals surface area (Å²) in [6.45, 7) is 11.5. The summed E-state index contributed by atoms with van der Waals surface area (Å²) in [6, 6.07) is 7.15. The van der Waals surface area contributed by atoms with Crippen LogP contribution in [0.5, 0.6) is 0 Å². The minimum Gasteiger partial charge on any atom is -0.386 e. The van der Waals surface area contributed by atoms with Crippen LogP contribution in [0.2, 0.25) is 0 Å². The van der Waals surface area contributed by atoms with Gasteiger partial charge in [-0.1, -0.05) is 57.7 Å². The van der Waals surface area contributed by atoms with E-state index in [9.17, 15) is 24.0 Å². The number of nitrogens with one attached hydrogen (secondary N) is 4. The second-order valence-corrected chi connectivity index (χ2v) is 11.9. The topological polar surface area (TPSA) is 163 Å². The highest BCUT2D eigenvalue weighted by Gasteiger charge is 2.38. The van der Waals surface area contributed by atoms with Gasteiger partial charge in [0.05, 0.1) is 11.4 Å². The van der Waals surface area contributed by atoms with E-state index in [2.05, 4.69) is 27.8 Å². The number of benzene rings is 1. The Balaban J connectivity index is 2.45. The average Bonchev–Trinajstić information content (AvgIpc) is 2.97. The van der Waals surface area contributed by atoms with E-state index in [1.807, 2.05) is 6.07 Å². The van der Waals surface area contributed by atoms with Gasteiger partial charge in [-0.05, 0) is 51.0 Å². The molecule has 1 heterocycles. The predicted molar refractivity (Wildman–Crippen MR) is 166 cm³/mol. The number of Topliss-reactive ketones (excluding diaryl/α,β-unsaturated/α-hetero) is 1. The van der Waals surface area contributed by atoms with Gasteiger partial charge in [-0.25, -0.2) is 0 Å². The molecule has 0 unspecified atom stereocenters. The SMILES string of the molecule is C=C(N)NCCC[C@H]1CC(=O)[C@@](C)(NC(=O)C(C)C)CCCCN(C)C(=O)[C@H](c2ccccc2)NC(=O)[C@@H](CC)NC1=O. The van der Waals surface area contributed by atoms with E-state index < -0.39 is 35.4 Å². The lowest BCUT2D eigenvalue weighted by Gasteiger charge is -2.33. The van der Waals surface area contributed by atoms with Crippen LogP contribution in [0.4, 0.5) is 0 Å². The van der Waals surface area contributed by atoms with Gasteiger partial charge in [0.25, 0.3) is 0 Å². The van der Waals surface area contributed by atoms with E-state index >= 15 is 0 Å². The minimum absolute atomic E-state index is 0.104. The Morgan fingerprint density at radius 3 is 2.40 bits per heavy atom. The van der Waals surface area contributed by atoms with Crippen LogP contribution in [0.25, 0.3) is 0 Å². The molecule has 2 rings (SSSR count). The Morgan fingerprint density at radius 1 is 1.12 bits per heavy atom. The molecule has 1 aliphatic rings. The molecule has 1 aromatic carbocycles. The van der Waals surface area contributed by atoms with E-state index in [1.54, 1.807) is 63.9 Å². The Hall–Kier alpha value is -3.89. The standard InChI is InChI=1S/C32H50N6O5/c1-7-25-30(42)36-27(23-14-9-8-10-15-23)31(43)38(6)19-12-11-17-32(5,37-28(40)21(2)3)26(39)20-24(29(41)35-25)16-13-18-34-22(4)33/h8-10,14-15,21,24-25,27,34H,4,7,11-13,16-20,33H2,1-3,5-6H3,(H,35,41)(H,36,42)(H,37,40)/t24-,25+,27-,32-/m0/s1. The summed E-state index contributed by atoms with van der Waals surface area (Å²) < 4.78 is 0. The van der Waals surface area contributed by atoms with Crippen molar-refractivity contribution in [2.24, 2.45) is 17.6 Å². The van der Waals surface area contributed by atoms with Gasteiger partial charge in [-0.3, -0.25) is 24.0 Å². The Kier molecular flexibility index (Phi) is 13.7. The van der Waals surface area contributed by atoms with E-state index in [4.69, 9.17) is 5.73 Å². The molecule has 1 fully saturated rings. The fraction of sp³-hybridized carbons (Fsp3) is 0.594. The summed E-state index contributed by atoms with van der Waals surface area (Å²) in [4.78, 5) is 68.8. The van der Waals surface area contributed by atoms with Crippen molar-refractivity contribution < 1.29 is 24.0 Å². The number of nitrogens with two attached hydrogens (primary N) is 1. The third-order valence-electron chi connectivity index (χ3n) is 7.93. The fourth-order valence-electron chi connectivity index (χ4n) is 5.04. The maximum Gasteiger partial charge on any atom is 0.249 e. The normalized spacial score (nSPS) is 24.7. The molecule has 6 N–H and O–H groups in total. The molecule has 0 bridgehead atoms. The summed E-state index contributed by atoms with van der Waals surface area (Å²) in [5.74, 6) is -2.49. The maximum absolute atomic E-state index is 13.8. The van der Waals surface area contributed by atoms with Crippen molar-refractivity contribution in [1.29, 1.82) is 0 Å². The summed E-state index contributed by atoms with van der Waals surface area (Å²) in [5, 5.41) is 11.5. The first-order valence-electron chi connectivity index (χ1n) is 15.2. The lowest BCUT2D eigenvalue weighted by Crippen LogP contribution is -2.55. The van der Waals surface area contributed by atoms with Crippen LogP contribution in [0.1, 0.15) is 84.2 Å². The second kappa shape index (κ2) is 16.7. The number of carbonyl (C=O) groups is 5. The quantitative estimate of drug-likeness (QED) is 0.272. The molecule has 11 heteroatoms. The summed E-state index contributed by atoms with van der Waals surface area (Å²) in [7, 11) is 1.68. The molecular formula is C32H50N6O5. The van der Waals surface area contributed by atoms with Crippen molar-refractivity contribution in [3.8, 4) is 0 Å². The summed E-state index contributed by atoms with van der Waals surface area (Å²) in [5.41, 5.74) is 5.05. The number of likely N-dealkylation sites (N-methyl/N-ethyl adjacent to an activating group) is 1. The zero-order valence-electron chi connectivity index (χ0n) is 26.3. The number of hydrogen-bond acceptors (Lipinski definition) is 7. The van der Waals surface area contributed by atoms with Gasteiger partial charge in [0.2, 0.25) is 23.6 Å². The molecule has 1 aliphatic heterocycles. The third-order valence-corrected chi connectivity index (χ3v) is 7.93. The molecule has 4 amide bonds. The molecule has 238 valence electrons. The molecule has 4 atom stereocenters. The van der Waals surface area contributed by atoms with Crippen LogP contribution in [0.15, 0.2) is 42.7 Å². The van der Waals surface area contributed by atoms with Crippen LogP contribution in [0.3, 0.4) is 0 Å². The fourth-order valence-corrected chi connectivity index (χ4v) is 5.04. The summed E-state index contributed by atoms with van der Waals surface area (Å²) >= 11 is 0. The third kappa shape index (κ3) is 10.7. The van der Waals surface area contributed by atoms with Gasteiger partial charge in [0, 0.05) is 38.4 Å². The average molecular weight is 599 g/mol. The Bertz CT molecular complexity index is 1140. The molecule has 1 aromatic rings. The number of rotatable bonds is 9. The van der Waals surface area contributed by atoms with Crippen molar-refractivity contribution in [2.45, 2.75) is 90.3 Å². The van der Waals surface area contributed by atoms with Crippen molar-refractivity contribution in [2.75, 3.05) is 20.1 Å². The smallest absolute Gasteiger partial charge is 0.249 e. The first-order valence-corrected chi connectivity index (χ1v) is 15.2. The lowest BCUT2D eigenvalue weighted by molar-refractivity contribution is -0.138. The molecule has 0 radical (unpaired) electrons. The van der Waals surface area contributed by atoms with E-state index in [0.29, 0.717) is 56.6 Å². The zero-order chi connectivity index (χ0) is 32.2. The van der Waals surface area contributed by atoms with Crippen LogP contribution in [-0.2, 0) is 24.0 Å². The molecule has 0 aromatic heterocycles. The number of nitrogens with zero attached hydrogens (tertiary/aromatic N) is 1. The van der Waals surface area contributed by atoms with Crippen molar-refractivity contribution in [3.63, 3.8) is 0 Å². The molecule has 1 saturated heterocycles. The Morgan fingerprint density at radius 2 is 1.79 bits per heavy atom. The molecule has 0 aliphatic carbocycles. The largest absolute Gasteiger partial charge is 0.386 e. The molecule has 43 heavy (non-hydrogen) atoms. The van der Waals surface area contributed by atoms with E-state index in [-0.39, 0.29) is 36.4 Å². The number of hydrogen-bond donors (Lipinski definition) is 5. The number of carbonyl (C=O) groups excluding carboxylic acids is 5. The first-order chi connectivity index (χ1) is 20.3. The van der Waals surface area contributed by atoms with E-state index in [0.717, 1.165) is 0 Å². The molecule has 0 saturated carbocycles. The van der Waals surface area contributed by atoms with Crippen molar-refractivity contribution in [1.82, 2.24) is 26.2 Å². The van der Waals surface area contributed by atoms with Crippen LogP contribution < -0.4 is 27.0 Å². The van der Waals surface area contributed by atoms with Gasteiger partial charge in [-0.2, -0.15) is 0 Å². The van der Waals surface area contributed by atoms with Crippen molar-refractivity contribution in [3.05, 3.63) is 48.3 Å².